The van der Waals surface area contributed by atoms with E-state index in [-0.39, 0.29) is 11.5 Å². The summed E-state index contributed by atoms with van der Waals surface area (Å²) in [5.74, 6) is 0.930. The molecule has 164 valence electrons. The highest BCUT2D eigenvalue weighted by molar-refractivity contribution is 5.93. The lowest BCUT2D eigenvalue weighted by atomic mass is 9.92. The summed E-state index contributed by atoms with van der Waals surface area (Å²) in [5.41, 5.74) is 5.59. The lowest BCUT2D eigenvalue weighted by Gasteiger charge is -2.28. The second-order valence-corrected chi connectivity index (χ2v) is 8.59. The van der Waals surface area contributed by atoms with Gasteiger partial charge in [0.2, 0.25) is 0 Å². The second-order valence-electron chi connectivity index (χ2n) is 8.59. The number of carboxylic acids is 1. The Morgan fingerprint density at radius 3 is 2.66 bits per heavy atom. The smallest absolute Gasteiger partial charge is 0.337 e. The molecule has 0 unspecified atom stereocenters. The third-order valence-electron chi connectivity index (χ3n) is 6.47. The van der Waals surface area contributed by atoms with Gasteiger partial charge in [-0.05, 0) is 60.6 Å². The maximum atomic E-state index is 11.5. The van der Waals surface area contributed by atoms with Crippen LogP contribution < -0.4 is 15.0 Å². The number of rotatable bonds is 7. The molecule has 1 aliphatic carbocycles. The molecule has 1 aromatic heterocycles. The topological polar surface area (TPSA) is 74.7 Å². The molecular formula is C26H27N3O3. The van der Waals surface area contributed by atoms with Crippen LogP contribution in [0.25, 0.3) is 0 Å². The highest BCUT2D eigenvalue weighted by Gasteiger charge is 2.24. The first kappa shape index (κ1) is 20.4. The molecule has 2 heterocycles. The lowest BCUT2D eigenvalue weighted by Crippen LogP contribution is -2.22. The number of carboxylic acid groups (broad SMARTS) is 1. The fourth-order valence-electron chi connectivity index (χ4n) is 4.36. The minimum Gasteiger partial charge on any atom is -0.493 e. The van der Waals surface area contributed by atoms with Crippen molar-refractivity contribution < 1.29 is 14.6 Å². The molecule has 2 N–H and O–H groups in total. The Labute approximate surface area is 187 Å². The number of aromatic nitrogens is 1. The molecule has 1 saturated carbocycles. The molecule has 1 fully saturated rings. The molecule has 0 spiro atoms. The average molecular weight is 430 g/mol. The number of anilines is 3. The summed E-state index contributed by atoms with van der Waals surface area (Å²) in [6.45, 7) is 1.27. The molecule has 3 aromatic rings. The minimum absolute atomic E-state index is 0.233. The first-order chi connectivity index (χ1) is 15.6. The van der Waals surface area contributed by atoms with E-state index in [2.05, 4.69) is 64.7 Å². The predicted octanol–water partition coefficient (Wildman–Crippen LogP) is 5.40. The number of nitrogens with zero attached hydrogens (tertiary/aromatic N) is 2. The molecule has 0 saturated heterocycles. The van der Waals surface area contributed by atoms with Crippen molar-refractivity contribution in [1.29, 1.82) is 0 Å². The Kier molecular flexibility index (Phi) is 5.43. The van der Waals surface area contributed by atoms with Gasteiger partial charge >= 0.3 is 5.97 Å². The van der Waals surface area contributed by atoms with E-state index in [1.807, 2.05) is 0 Å². The molecule has 2 aromatic carbocycles. The van der Waals surface area contributed by atoms with E-state index in [9.17, 15) is 9.90 Å². The van der Waals surface area contributed by atoms with Crippen molar-refractivity contribution in [3.63, 3.8) is 0 Å². The van der Waals surface area contributed by atoms with Gasteiger partial charge in [0.05, 0.1) is 24.1 Å². The number of pyridine rings is 1. The maximum Gasteiger partial charge on any atom is 0.337 e. The first-order valence-corrected chi connectivity index (χ1v) is 11.1. The molecule has 6 heteroatoms. The number of ether oxygens (including phenoxy) is 1. The Bertz CT molecular complexity index is 1130. The van der Waals surface area contributed by atoms with Crippen LogP contribution in [0.5, 0.6) is 5.75 Å². The van der Waals surface area contributed by atoms with Gasteiger partial charge in [0.15, 0.2) is 0 Å². The first-order valence-electron chi connectivity index (χ1n) is 11.1. The molecule has 1 aliphatic heterocycles. The molecule has 32 heavy (non-hydrogen) atoms. The lowest BCUT2D eigenvalue weighted by molar-refractivity contribution is 0.0697. The highest BCUT2D eigenvalue weighted by atomic mass is 16.5. The van der Waals surface area contributed by atoms with Crippen LogP contribution in [0.3, 0.4) is 0 Å². The Morgan fingerprint density at radius 1 is 1.12 bits per heavy atom. The quantitative estimate of drug-likeness (QED) is 0.524. The van der Waals surface area contributed by atoms with Crippen molar-refractivity contribution in [3.8, 4) is 5.75 Å². The molecule has 2 aliphatic rings. The van der Waals surface area contributed by atoms with E-state index in [1.54, 1.807) is 6.20 Å². The number of benzene rings is 2. The van der Waals surface area contributed by atoms with Gasteiger partial charge in [0.1, 0.15) is 5.75 Å². The van der Waals surface area contributed by atoms with Crippen LogP contribution in [0, 0.1) is 0 Å². The largest absolute Gasteiger partial charge is 0.493 e. The van der Waals surface area contributed by atoms with Gasteiger partial charge in [-0.2, -0.15) is 0 Å². The molecule has 1 atom stereocenters. The highest BCUT2D eigenvalue weighted by Crippen LogP contribution is 2.41. The van der Waals surface area contributed by atoms with Crippen molar-refractivity contribution in [2.75, 3.05) is 30.4 Å². The van der Waals surface area contributed by atoms with Crippen LogP contribution in [0.15, 0.2) is 60.9 Å². The zero-order chi connectivity index (χ0) is 22.1. The number of hydrogen-bond acceptors (Lipinski definition) is 5. The van der Waals surface area contributed by atoms with Crippen molar-refractivity contribution >= 4 is 23.0 Å². The summed E-state index contributed by atoms with van der Waals surface area (Å²) >= 11 is 0. The molecular weight excluding hydrogens is 402 g/mol. The van der Waals surface area contributed by atoms with Gasteiger partial charge in [-0.3, -0.25) is 4.98 Å². The van der Waals surface area contributed by atoms with E-state index in [4.69, 9.17) is 4.74 Å². The fraction of sp³-hybridized carbons (Fsp3) is 0.308. The maximum absolute atomic E-state index is 11.5. The SMILES string of the molecule is CN(c1ccc(C2CC2)cc1)c1ccc2c(c1)OCC[C@H]2CNc1cnccc1C(=O)O. The molecule has 5 rings (SSSR count). The predicted molar refractivity (Wildman–Crippen MR) is 125 cm³/mol. The van der Waals surface area contributed by atoms with Crippen molar-refractivity contribution in [3.05, 3.63) is 77.6 Å². The minimum atomic E-state index is -0.958. The Morgan fingerprint density at radius 2 is 1.91 bits per heavy atom. The van der Waals surface area contributed by atoms with Gasteiger partial charge in [-0.15, -0.1) is 0 Å². The zero-order valence-corrected chi connectivity index (χ0v) is 18.1. The standard InChI is InChI=1S/C26H27N3O3/c1-29(20-6-4-18(5-7-20)17-2-3-17)21-8-9-22-19(11-13-32-25(22)14-21)15-28-24-16-27-12-10-23(24)26(30)31/h4-10,12,14,16-17,19,28H,2-3,11,13,15H2,1H3,(H,30,31)/t19-/m0/s1. The van der Waals surface area contributed by atoms with E-state index in [0.717, 1.165) is 35.0 Å². The second kappa shape index (κ2) is 8.54. The monoisotopic (exact) mass is 429 g/mol. The number of carbonyl (C=O) groups is 1. The number of aromatic carboxylic acids is 1. The summed E-state index contributed by atoms with van der Waals surface area (Å²) < 4.78 is 5.99. The molecule has 6 nitrogen and oxygen atoms in total. The zero-order valence-electron chi connectivity index (χ0n) is 18.1. The summed E-state index contributed by atoms with van der Waals surface area (Å²) in [4.78, 5) is 17.7. The third kappa shape index (κ3) is 4.13. The molecule has 0 radical (unpaired) electrons. The van der Waals surface area contributed by atoms with Crippen molar-refractivity contribution in [2.24, 2.45) is 0 Å². The van der Waals surface area contributed by atoms with Crippen molar-refractivity contribution in [1.82, 2.24) is 4.98 Å². The van der Waals surface area contributed by atoms with E-state index >= 15 is 0 Å². The third-order valence-corrected chi connectivity index (χ3v) is 6.47. The fourth-order valence-corrected chi connectivity index (χ4v) is 4.36. The van der Waals surface area contributed by atoms with Gasteiger partial charge in [-0.25, -0.2) is 4.79 Å². The number of hydrogen-bond donors (Lipinski definition) is 2. The van der Waals surface area contributed by atoms with E-state index < -0.39 is 5.97 Å². The molecule has 0 bridgehead atoms. The van der Waals surface area contributed by atoms with Crippen LogP contribution in [0.4, 0.5) is 17.1 Å². The van der Waals surface area contributed by atoms with Gasteiger partial charge in [-0.1, -0.05) is 18.2 Å². The summed E-state index contributed by atoms with van der Waals surface area (Å²) in [6.07, 6.45) is 6.56. The van der Waals surface area contributed by atoms with Crippen molar-refractivity contribution in [2.45, 2.75) is 31.1 Å². The van der Waals surface area contributed by atoms with Crippen LogP contribution in [0.2, 0.25) is 0 Å². The van der Waals surface area contributed by atoms with Crippen LogP contribution >= 0.6 is 0 Å². The summed E-state index contributed by atoms with van der Waals surface area (Å²) in [6, 6.07) is 16.7. The van der Waals surface area contributed by atoms with Gasteiger partial charge in [0, 0.05) is 43.1 Å². The molecule has 0 amide bonds. The van der Waals surface area contributed by atoms with Crippen LogP contribution in [-0.4, -0.2) is 36.3 Å². The number of nitrogens with one attached hydrogen (secondary N) is 1. The van der Waals surface area contributed by atoms with E-state index in [1.165, 1.54) is 30.7 Å². The average Bonchev–Trinajstić information content (AvgIpc) is 3.68. The van der Waals surface area contributed by atoms with Gasteiger partial charge in [0.25, 0.3) is 0 Å². The van der Waals surface area contributed by atoms with Crippen LogP contribution in [-0.2, 0) is 0 Å². The Balaban J connectivity index is 1.31. The summed E-state index contributed by atoms with van der Waals surface area (Å²) in [5, 5.41) is 12.7. The number of fused-ring (bicyclic) bond motifs is 1. The summed E-state index contributed by atoms with van der Waals surface area (Å²) in [7, 11) is 2.07. The Hall–Kier alpha value is -3.54. The van der Waals surface area contributed by atoms with Crippen LogP contribution in [0.1, 0.15) is 52.6 Å². The van der Waals surface area contributed by atoms with E-state index in [0.29, 0.717) is 18.8 Å². The normalized spacial score (nSPS) is 17.2. The van der Waals surface area contributed by atoms with Gasteiger partial charge < -0.3 is 20.1 Å².